The van der Waals surface area contributed by atoms with Crippen LogP contribution in [-0.2, 0) is 0 Å². The maximum atomic E-state index is 8.44. The minimum Gasteiger partial charge on any atom is -0.198 e. The molecule has 0 rings (SSSR count). The number of hydrogen-bond donors (Lipinski definition) is 0. The zero-order chi connectivity index (χ0) is 7.33. The van der Waals surface area contributed by atoms with Crippen LogP contribution in [0.15, 0.2) is 0 Å². The first-order chi connectivity index (χ1) is 4.18. The van der Waals surface area contributed by atoms with E-state index in [4.69, 9.17) is 5.26 Å². The van der Waals surface area contributed by atoms with Crippen LogP contribution in [0.4, 0.5) is 0 Å². The van der Waals surface area contributed by atoms with E-state index in [0.29, 0.717) is 5.04 Å². The average molecular weight is 141 g/mol. The first-order valence-electron chi connectivity index (χ1n) is 3.55. The summed E-state index contributed by atoms with van der Waals surface area (Å²) in [5, 5.41) is 8.85. The second kappa shape index (κ2) is 3.68. The monoisotopic (exact) mass is 141 g/mol. The lowest BCUT2D eigenvalue weighted by Crippen LogP contribution is -2.11. The van der Waals surface area contributed by atoms with Crippen LogP contribution in [0.2, 0.25) is 11.6 Å². The van der Waals surface area contributed by atoms with Gasteiger partial charge in [-0.1, -0.05) is 26.8 Å². The van der Waals surface area contributed by atoms with Crippen LogP contribution in [0, 0.1) is 11.3 Å². The third-order valence-electron chi connectivity index (χ3n) is 2.21. The molecule has 9 heavy (non-hydrogen) atoms. The molecule has 52 valence electrons. The van der Waals surface area contributed by atoms with Crippen LogP contribution in [0.5, 0.6) is 0 Å². The fourth-order valence-corrected chi connectivity index (χ4v) is 1.55. The molecule has 0 aliphatic rings. The molecule has 0 saturated heterocycles. The molecule has 0 aromatic rings. The van der Waals surface area contributed by atoms with E-state index in [9.17, 15) is 0 Å². The summed E-state index contributed by atoms with van der Waals surface area (Å²) in [7, 11) is -0.00199. The summed E-state index contributed by atoms with van der Waals surface area (Å²) in [6.45, 7) is 6.68. The zero-order valence-corrected chi connectivity index (χ0v) is 7.98. The summed E-state index contributed by atoms with van der Waals surface area (Å²) in [4.78, 5) is 0. The Morgan fingerprint density at radius 1 is 1.67 bits per heavy atom. The average Bonchev–Trinajstić information content (AvgIpc) is 1.89. The largest absolute Gasteiger partial charge is 0.198 e. The molecule has 0 radical (unpaired) electrons. The third kappa shape index (κ3) is 2.66. The van der Waals surface area contributed by atoms with Crippen molar-refractivity contribution < 1.29 is 0 Å². The van der Waals surface area contributed by atoms with E-state index in [0.717, 1.165) is 6.42 Å². The smallest absolute Gasteiger partial charge is 0.0624 e. The first kappa shape index (κ1) is 8.71. The van der Waals surface area contributed by atoms with E-state index in [2.05, 4.69) is 26.5 Å². The Labute approximate surface area is 59.9 Å². The minimum absolute atomic E-state index is 0.00199. The van der Waals surface area contributed by atoms with Gasteiger partial charge in [-0.05, 0) is 5.04 Å². The first-order valence-corrected chi connectivity index (χ1v) is 5.67. The topological polar surface area (TPSA) is 23.8 Å². The van der Waals surface area contributed by atoms with Crippen LogP contribution < -0.4 is 0 Å². The highest BCUT2D eigenvalue weighted by molar-refractivity contribution is 6.38. The van der Waals surface area contributed by atoms with Gasteiger partial charge in [-0.2, -0.15) is 5.26 Å². The Kier molecular flexibility index (Phi) is 3.56. The van der Waals surface area contributed by atoms with Gasteiger partial charge in [0.25, 0.3) is 0 Å². The van der Waals surface area contributed by atoms with E-state index >= 15 is 0 Å². The summed E-state index contributed by atoms with van der Waals surface area (Å²) in [5.41, 5.74) is 0. The van der Waals surface area contributed by atoms with Crippen LogP contribution >= 0.6 is 0 Å². The standard InChI is InChI=1S/C7H15NSi/c1-4-7(2,9-3)5-6-8/h4-5,9H2,1-3H3/t7-/m1/s1. The molecule has 0 aromatic carbocycles. The molecule has 0 aromatic heterocycles. The van der Waals surface area contributed by atoms with Gasteiger partial charge in [-0.3, -0.25) is 0 Å². The Morgan fingerprint density at radius 3 is 2.33 bits per heavy atom. The van der Waals surface area contributed by atoms with Gasteiger partial charge in [0.15, 0.2) is 0 Å². The molecule has 1 nitrogen and oxygen atoms in total. The number of nitriles is 1. The third-order valence-corrected chi connectivity index (χ3v) is 4.67. The van der Waals surface area contributed by atoms with Gasteiger partial charge in [-0.15, -0.1) is 0 Å². The maximum Gasteiger partial charge on any atom is 0.0624 e. The molecular weight excluding hydrogens is 126 g/mol. The van der Waals surface area contributed by atoms with E-state index in [-0.39, 0.29) is 9.52 Å². The predicted octanol–water partition coefficient (Wildman–Crippen LogP) is 1.71. The fourth-order valence-electron chi connectivity index (χ4n) is 0.691. The lowest BCUT2D eigenvalue weighted by molar-refractivity contribution is 0.597. The van der Waals surface area contributed by atoms with E-state index in [1.165, 1.54) is 6.42 Å². The molecule has 0 amide bonds. The van der Waals surface area contributed by atoms with Crippen LogP contribution in [0.25, 0.3) is 0 Å². The van der Waals surface area contributed by atoms with Gasteiger partial charge in [0.2, 0.25) is 0 Å². The number of rotatable bonds is 3. The molecule has 0 aliphatic carbocycles. The molecule has 0 saturated carbocycles. The molecule has 0 heterocycles. The van der Waals surface area contributed by atoms with Crippen molar-refractivity contribution in [1.29, 1.82) is 5.26 Å². The van der Waals surface area contributed by atoms with Crippen LogP contribution in [-0.4, -0.2) is 9.52 Å². The van der Waals surface area contributed by atoms with Gasteiger partial charge < -0.3 is 0 Å². The van der Waals surface area contributed by atoms with Gasteiger partial charge >= 0.3 is 0 Å². The fraction of sp³-hybridized carbons (Fsp3) is 0.857. The lowest BCUT2D eigenvalue weighted by Gasteiger charge is -2.21. The molecule has 2 heteroatoms. The SMILES string of the molecule is CC[C@](C)(CC#N)[SiH2]C. The van der Waals surface area contributed by atoms with E-state index in [1.54, 1.807) is 0 Å². The van der Waals surface area contributed by atoms with Crippen molar-refractivity contribution in [3.63, 3.8) is 0 Å². The van der Waals surface area contributed by atoms with Crippen LogP contribution in [0.3, 0.4) is 0 Å². The zero-order valence-electron chi connectivity index (χ0n) is 6.57. The number of hydrogen-bond acceptors (Lipinski definition) is 1. The Morgan fingerprint density at radius 2 is 2.22 bits per heavy atom. The summed E-state index contributed by atoms with van der Waals surface area (Å²) in [6, 6.07) is 2.24. The van der Waals surface area contributed by atoms with Crippen molar-refractivity contribution in [2.75, 3.05) is 0 Å². The van der Waals surface area contributed by atoms with E-state index < -0.39 is 0 Å². The van der Waals surface area contributed by atoms with E-state index in [1.807, 2.05) is 0 Å². The summed E-state index contributed by atoms with van der Waals surface area (Å²) in [5.74, 6) is 0. The highest BCUT2D eigenvalue weighted by Crippen LogP contribution is 2.31. The van der Waals surface area contributed by atoms with Crippen molar-refractivity contribution in [2.45, 2.75) is 38.3 Å². The second-order valence-electron chi connectivity index (χ2n) is 2.85. The second-order valence-corrected chi connectivity index (χ2v) is 5.27. The molecular formula is C7H15NSi. The van der Waals surface area contributed by atoms with Gasteiger partial charge in [-0.25, -0.2) is 0 Å². The van der Waals surface area contributed by atoms with Gasteiger partial charge in [0.1, 0.15) is 0 Å². The molecule has 0 bridgehead atoms. The highest BCUT2D eigenvalue weighted by atomic mass is 28.2. The highest BCUT2D eigenvalue weighted by Gasteiger charge is 2.18. The molecule has 0 fully saturated rings. The summed E-state index contributed by atoms with van der Waals surface area (Å²) < 4.78 is 0. The maximum absolute atomic E-state index is 8.44. The molecule has 0 unspecified atom stereocenters. The molecule has 1 atom stereocenters. The predicted molar refractivity (Wildman–Crippen MR) is 43.3 cm³/mol. The van der Waals surface area contributed by atoms with Crippen LogP contribution in [0.1, 0.15) is 26.7 Å². The Hall–Kier alpha value is -0.293. The number of nitrogens with zero attached hydrogens (tertiary/aromatic N) is 1. The summed E-state index contributed by atoms with van der Waals surface area (Å²) in [6.07, 6.45) is 1.93. The van der Waals surface area contributed by atoms with Crippen molar-refractivity contribution >= 4 is 9.52 Å². The van der Waals surface area contributed by atoms with Crippen molar-refractivity contribution in [3.8, 4) is 6.07 Å². The quantitative estimate of drug-likeness (QED) is 0.549. The Balaban J connectivity index is 3.80. The van der Waals surface area contributed by atoms with Crippen molar-refractivity contribution in [1.82, 2.24) is 0 Å². The minimum atomic E-state index is -0.00199. The molecule has 0 aliphatic heterocycles. The van der Waals surface area contributed by atoms with Gasteiger partial charge in [0, 0.05) is 15.9 Å². The van der Waals surface area contributed by atoms with Crippen molar-refractivity contribution in [2.24, 2.45) is 0 Å². The summed E-state index contributed by atoms with van der Waals surface area (Å²) >= 11 is 0. The molecule has 0 N–H and O–H groups in total. The van der Waals surface area contributed by atoms with Gasteiger partial charge in [0.05, 0.1) is 6.07 Å². The molecule has 0 spiro atoms. The lowest BCUT2D eigenvalue weighted by atomic mass is 10.1. The normalized spacial score (nSPS) is 17.6. The Bertz CT molecular complexity index is 111. The van der Waals surface area contributed by atoms with Crippen molar-refractivity contribution in [3.05, 3.63) is 0 Å².